The lowest BCUT2D eigenvalue weighted by Crippen LogP contribution is -2.38. The standard InChI is InChI=1S/C19H29FN6/c1-4-21-19(22-10-6-12-26-13-7-11-24-26)23-15-18(25(2)3)16-8-5-9-17(20)14-16/h5,7-9,11,13-14,18H,4,6,10,12,15H2,1-3H3,(H2,21,22,23). The summed E-state index contributed by atoms with van der Waals surface area (Å²) in [5.74, 6) is 0.554. The van der Waals surface area contributed by atoms with Gasteiger partial charge in [-0.05, 0) is 51.2 Å². The maximum atomic E-state index is 13.5. The van der Waals surface area contributed by atoms with Gasteiger partial charge in [-0.2, -0.15) is 5.10 Å². The van der Waals surface area contributed by atoms with Crippen LogP contribution in [0.25, 0.3) is 0 Å². The van der Waals surface area contributed by atoms with E-state index in [1.807, 2.05) is 44.0 Å². The first kappa shape index (κ1) is 19.9. The number of nitrogens with one attached hydrogen (secondary N) is 2. The van der Waals surface area contributed by atoms with E-state index in [-0.39, 0.29) is 11.9 Å². The Morgan fingerprint density at radius 1 is 1.31 bits per heavy atom. The number of aromatic nitrogens is 2. The molecule has 0 saturated heterocycles. The molecule has 0 aliphatic heterocycles. The molecule has 1 atom stereocenters. The highest BCUT2D eigenvalue weighted by Gasteiger charge is 2.14. The zero-order chi connectivity index (χ0) is 18.8. The van der Waals surface area contributed by atoms with Gasteiger partial charge in [-0.1, -0.05) is 12.1 Å². The van der Waals surface area contributed by atoms with E-state index in [1.54, 1.807) is 18.3 Å². The Morgan fingerprint density at radius 2 is 2.15 bits per heavy atom. The number of hydrogen-bond donors (Lipinski definition) is 2. The molecule has 6 nitrogen and oxygen atoms in total. The summed E-state index contributed by atoms with van der Waals surface area (Å²) >= 11 is 0. The van der Waals surface area contributed by atoms with Gasteiger partial charge in [0.25, 0.3) is 0 Å². The molecule has 26 heavy (non-hydrogen) atoms. The molecule has 1 aromatic carbocycles. The zero-order valence-electron chi connectivity index (χ0n) is 15.8. The average molecular weight is 360 g/mol. The molecule has 0 bridgehead atoms. The molecule has 1 heterocycles. The van der Waals surface area contributed by atoms with Gasteiger partial charge in [0.1, 0.15) is 5.82 Å². The van der Waals surface area contributed by atoms with E-state index >= 15 is 0 Å². The predicted molar refractivity (Wildman–Crippen MR) is 104 cm³/mol. The first-order valence-corrected chi connectivity index (χ1v) is 9.01. The van der Waals surface area contributed by atoms with E-state index in [0.717, 1.165) is 37.6 Å². The van der Waals surface area contributed by atoms with Gasteiger partial charge < -0.3 is 15.5 Å². The van der Waals surface area contributed by atoms with Gasteiger partial charge in [0.15, 0.2) is 5.96 Å². The minimum absolute atomic E-state index is 0.0187. The molecule has 0 spiro atoms. The maximum Gasteiger partial charge on any atom is 0.191 e. The van der Waals surface area contributed by atoms with Crippen molar-refractivity contribution in [3.8, 4) is 0 Å². The topological polar surface area (TPSA) is 57.5 Å². The Hall–Kier alpha value is -2.41. The summed E-state index contributed by atoms with van der Waals surface area (Å²) in [6, 6.07) is 8.66. The molecule has 2 aromatic rings. The van der Waals surface area contributed by atoms with E-state index in [9.17, 15) is 4.39 Å². The van der Waals surface area contributed by atoms with E-state index in [1.165, 1.54) is 6.07 Å². The van der Waals surface area contributed by atoms with Crippen molar-refractivity contribution in [1.82, 2.24) is 25.3 Å². The van der Waals surface area contributed by atoms with Crippen molar-refractivity contribution in [1.29, 1.82) is 0 Å². The van der Waals surface area contributed by atoms with Crippen LogP contribution < -0.4 is 10.6 Å². The maximum absolute atomic E-state index is 13.5. The van der Waals surface area contributed by atoms with Gasteiger partial charge in [0, 0.05) is 32.0 Å². The highest BCUT2D eigenvalue weighted by atomic mass is 19.1. The van der Waals surface area contributed by atoms with Crippen molar-refractivity contribution in [3.63, 3.8) is 0 Å². The summed E-state index contributed by atoms with van der Waals surface area (Å²) in [5.41, 5.74) is 0.924. The van der Waals surface area contributed by atoms with Crippen molar-refractivity contribution in [2.75, 3.05) is 33.7 Å². The fourth-order valence-corrected chi connectivity index (χ4v) is 2.68. The largest absolute Gasteiger partial charge is 0.357 e. The summed E-state index contributed by atoms with van der Waals surface area (Å²) in [4.78, 5) is 6.74. The van der Waals surface area contributed by atoms with Crippen LogP contribution in [0.2, 0.25) is 0 Å². The third kappa shape index (κ3) is 6.48. The van der Waals surface area contributed by atoms with E-state index in [0.29, 0.717) is 6.54 Å². The first-order chi connectivity index (χ1) is 12.6. The second-order valence-electron chi connectivity index (χ2n) is 6.30. The molecule has 0 amide bonds. The van der Waals surface area contributed by atoms with Crippen LogP contribution in [0.3, 0.4) is 0 Å². The number of rotatable bonds is 9. The zero-order valence-corrected chi connectivity index (χ0v) is 15.8. The molecule has 0 aliphatic carbocycles. The molecule has 7 heteroatoms. The quantitative estimate of drug-likeness (QED) is 0.409. The monoisotopic (exact) mass is 360 g/mol. The van der Waals surface area contributed by atoms with Crippen LogP contribution in [0.4, 0.5) is 4.39 Å². The number of guanidine groups is 1. The van der Waals surface area contributed by atoms with Crippen LogP contribution in [0.5, 0.6) is 0 Å². The summed E-state index contributed by atoms with van der Waals surface area (Å²) in [7, 11) is 3.96. The molecule has 2 N–H and O–H groups in total. The van der Waals surface area contributed by atoms with E-state index < -0.39 is 0 Å². The summed E-state index contributed by atoms with van der Waals surface area (Å²) in [6.45, 7) is 5.04. The summed E-state index contributed by atoms with van der Waals surface area (Å²) in [6.07, 6.45) is 4.69. The van der Waals surface area contributed by atoms with Crippen molar-refractivity contribution in [3.05, 3.63) is 54.1 Å². The van der Waals surface area contributed by atoms with Gasteiger partial charge in [-0.25, -0.2) is 4.39 Å². The molecule has 2 rings (SSSR count). The molecule has 1 unspecified atom stereocenters. The number of aryl methyl sites for hydroxylation is 1. The molecule has 1 aromatic heterocycles. The fourth-order valence-electron chi connectivity index (χ4n) is 2.68. The Kier molecular flexibility index (Phi) is 8.08. The fraction of sp³-hybridized carbons (Fsp3) is 0.474. The summed E-state index contributed by atoms with van der Waals surface area (Å²) < 4.78 is 15.5. The SMILES string of the molecule is CCNC(=NCC(c1cccc(F)c1)N(C)C)NCCCn1cccn1. The van der Waals surface area contributed by atoms with Gasteiger partial charge in [0.05, 0.1) is 12.6 Å². The highest BCUT2D eigenvalue weighted by molar-refractivity contribution is 5.79. The second-order valence-corrected chi connectivity index (χ2v) is 6.30. The minimum Gasteiger partial charge on any atom is -0.357 e. The van der Waals surface area contributed by atoms with E-state index in [4.69, 9.17) is 0 Å². The van der Waals surface area contributed by atoms with Crippen LogP contribution in [-0.2, 0) is 6.54 Å². The summed E-state index contributed by atoms with van der Waals surface area (Å²) in [5, 5.41) is 10.8. The van der Waals surface area contributed by atoms with Gasteiger partial charge in [0.2, 0.25) is 0 Å². The van der Waals surface area contributed by atoms with Crippen molar-refractivity contribution >= 4 is 5.96 Å². The van der Waals surface area contributed by atoms with E-state index in [2.05, 4.69) is 25.6 Å². The minimum atomic E-state index is -0.220. The number of aliphatic imine (C=N–C) groups is 1. The Labute approximate surface area is 155 Å². The molecular formula is C19H29FN6. The molecule has 142 valence electrons. The lowest BCUT2D eigenvalue weighted by Gasteiger charge is -2.23. The van der Waals surface area contributed by atoms with Crippen molar-refractivity contribution in [2.45, 2.75) is 25.9 Å². The van der Waals surface area contributed by atoms with Gasteiger partial charge in [-0.15, -0.1) is 0 Å². The molecular weight excluding hydrogens is 331 g/mol. The van der Waals surface area contributed by atoms with Crippen molar-refractivity contribution in [2.24, 2.45) is 4.99 Å². The lowest BCUT2D eigenvalue weighted by atomic mass is 10.1. The number of likely N-dealkylation sites (N-methyl/N-ethyl adjacent to an activating group) is 1. The number of benzene rings is 1. The Balaban J connectivity index is 1.92. The van der Waals surface area contributed by atoms with Crippen molar-refractivity contribution < 1.29 is 4.39 Å². The number of halogens is 1. The van der Waals surface area contributed by atoms with Crippen LogP contribution >= 0.6 is 0 Å². The molecule has 0 aliphatic rings. The Bertz CT molecular complexity index is 668. The van der Waals surface area contributed by atoms with Crippen LogP contribution in [-0.4, -0.2) is 54.4 Å². The van der Waals surface area contributed by atoms with Crippen LogP contribution in [0.15, 0.2) is 47.7 Å². The number of hydrogen-bond acceptors (Lipinski definition) is 3. The van der Waals surface area contributed by atoms with Gasteiger partial charge >= 0.3 is 0 Å². The molecule has 0 fully saturated rings. The third-order valence-corrected chi connectivity index (χ3v) is 4.04. The second kappa shape index (κ2) is 10.6. The third-order valence-electron chi connectivity index (χ3n) is 4.04. The predicted octanol–water partition coefficient (Wildman–Crippen LogP) is 2.27. The highest BCUT2D eigenvalue weighted by Crippen LogP contribution is 2.19. The normalized spacial score (nSPS) is 13.0. The Morgan fingerprint density at radius 3 is 2.81 bits per heavy atom. The molecule has 0 saturated carbocycles. The average Bonchev–Trinajstić information content (AvgIpc) is 3.12. The van der Waals surface area contributed by atoms with Gasteiger partial charge in [-0.3, -0.25) is 9.67 Å². The molecule has 0 radical (unpaired) electrons. The smallest absolute Gasteiger partial charge is 0.191 e. The first-order valence-electron chi connectivity index (χ1n) is 9.01. The van der Waals surface area contributed by atoms with Crippen LogP contribution in [0, 0.1) is 5.82 Å². The van der Waals surface area contributed by atoms with Crippen LogP contribution in [0.1, 0.15) is 24.9 Å². The lowest BCUT2D eigenvalue weighted by molar-refractivity contribution is 0.305. The number of nitrogens with zero attached hydrogens (tertiary/aromatic N) is 4.